The molecule has 3 aromatic rings. The van der Waals surface area contributed by atoms with Crippen LogP contribution in [0.2, 0.25) is 0 Å². The SMILES string of the molecule is CC(=O)O[C@@H]1[C@@H](OC(C)=O)[C@@H](F)[C@H](Oc2c(O)c3c(c4cccnc24)C(=O)c2ccccc2C3=O)O[C@H]1C. The van der Waals surface area contributed by atoms with E-state index in [-0.39, 0.29) is 33.2 Å². The van der Waals surface area contributed by atoms with E-state index in [1.165, 1.54) is 31.3 Å². The van der Waals surface area contributed by atoms with Crippen molar-refractivity contribution in [1.29, 1.82) is 0 Å². The van der Waals surface area contributed by atoms with Gasteiger partial charge in [-0.25, -0.2) is 4.39 Å². The molecule has 1 aromatic heterocycles. The summed E-state index contributed by atoms with van der Waals surface area (Å²) in [5.41, 5.74) is -0.0995. The maximum Gasteiger partial charge on any atom is 0.303 e. The normalized spacial score (nSPS) is 24.4. The topological polar surface area (TPSA) is 138 Å². The molecule has 1 aliphatic carbocycles. The molecule has 1 saturated heterocycles. The molecular weight excluding hydrogens is 501 g/mol. The highest BCUT2D eigenvalue weighted by Gasteiger charge is 2.50. The average molecular weight is 523 g/mol. The second-order valence-corrected chi connectivity index (χ2v) is 8.95. The van der Waals surface area contributed by atoms with Gasteiger partial charge in [0.1, 0.15) is 5.52 Å². The molecule has 1 N–H and O–H groups in total. The van der Waals surface area contributed by atoms with Gasteiger partial charge in [0.25, 0.3) is 0 Å². The second-order valence-electron chi connectivity index (χ2n) is 8.95. The van der Waals surface area contributed by atoms with Gasteiger partial charge in [-0.05, 0) is 13.0 Å². The molecule has 11 heteroatoms. The fraction of sp³-hybridized carbons (Fsp3) is 0.296. The predicted molar refractivity (Wildman–Crippen MR) is 128 cm³/mol. The maximum atomic E-state index is 15.7. The maximum absolute atomic E-state index is 15.7. The Kier molecular flexibility index (Phi) is 6.31. The van der Waals surface area contributed by atoms with E-state index in [1.807, 2.05) is 0 Å². The van der Waals surface area contributed by atoms with E-state index < -0.39 is 65.8 Å². The molecule has 2 aliphatic rings. The number of halogens is 1. The summed E-state index contributed by atoms with van der Waals surface area (Å²) in [4.78, 5) is 54.2. The number of phenolic OH excluding ortho intramolecular Hbond substituents is 1. The van der Waals surface area contributed by atoms with E-state index >= 15 is 4.39 Å². The highest BCUT2D eigenvalue weighted by atomic mass is 19.1. The van der Waals surface area contributed by atoms with Gasteiger partial charge in [0.05, 0.1) is 11.7 Å². The van der Waals surface area contributed by atoms with Gasteiger partial charge >= 0.3 is 11.9 Å². The van der Waals surface area contributed by atoms with Gasteiger partial charge in [-0.2, -0.15) is 0 Å². The monoisotopic (exact) mass is 523 g/mol. The van der Waals surface area contributed by atoms with Crippen LogP contribution in [-0.4, -0.2) is 64.4 Å². The van der Waals surface area contributed by atoms with Crippen LogP contribution >= 0.6 is 0 Å². The summed E-state index contributed by atoms with van der Waals surface area (Å²) in [6, 6.07) is 9.27. The van der Waals surface area contributed by atoms with Gasteiger partial charge in [0.2, 0.25) is 12.5 Å². The average Bonchev–Trinajstić information content (AvgIpc) is 2.88. The molecule has 1 aliphatic heterocycles. The van der Waals surface area contributed by atoms with E-state index in [0.29, 0.717) is 0 Å². The van der Waals surface area contributed by atoms with Gasteiger partial charge in [-0.1, -0.05) is 30.3 Å². The van der Waals surface area contributed by atoms with Crippen molar-refractivity contribution in [2.75, 3.05) is 0 Å². The largest absolute Gasteiger partial charge is 0.504 e. The first-order valence-corrected chi connectivity index (χ1v) is 11.7. The highest BCUT2D eigenvalue weighted by Crippen LogP contribution is 2.45. The van der Waals surface area contributed by atoms with Crippen molar-refractivity contribution < 1.29 is 47.6 Å². The summed E-state index contributed by atoms with van der Waals surface area (Å²) >= 11 is 0. The summed E-state index contributed by atoms with van der Waals surface area (Å²) in [5.74, 6) is -3.78. The van der Waals surface area contributed by atoms with Crippen LogP contribution in [0.4, 0.5) is 4.39 Å². The standard InChI is InChI=1S/C27H22FNO9/c1-11-24(36-12(2)30)25(37-13(3)31)19(28)27(35-11)38-26-20-16(9-6-10-29-20)17-18(23(26)34)22(33)15-8-5-4-7-14(15)21(17)32/h4-11,19,24-25,27,34H,1-3H3/t11-,19+,24-,25-,27-/m0/s1. The first kappa shape index (κ1) is 25.3. The highest BCUT2D eigenvalue weighted by molar-refractivity contribution is 6.33. The first-order chi connectivity index (χ1) is 18.1. The Morgan fingerprint density at radius 1 is 0.947 bits per heavy atom. The van der Waals surface area contributed by atoms with Crippen molar-refractivity contribution in [3.05, 3.63) is 64.8 Å². The number of rotatable bonds is 4. The number of aromatic nitrogens is 1. The predicted octanol–water partition coefficient (Wildman–Crippen LogP) is 3.04. The molecule has 2 heterocycles. The van der Waals surface area contributed by atoms with Gasteiger partial charge < -0.3 is 24.1 Å². The molecule has 2 aromatic carbocycles. The number of pyridine rings is 1. The molecule has 0 unspecified atom stereocenters. The number of fused-ring (bicyclic) bond motifs is 4. The zero-order chi connectivity index (χ0) is 27.3. The van der Waals surface area contributed by atoms with Crippen molar-refractivity contribution >= 4 is 34.4 Å². The molecule has 0 radical (unpaired) electrons. The van der Waals surface area contributed by atoms with Crippen LogP contribution in [-0.2, 0) is 23.8 Å². The van der Waals surface area contributed by atoms with Crippen LogP contribution in [0.3, 0.4) is 0 Å². The fourth-order valence-electron chi connectivity index (χ4n) is 4.84. The van der Waals surface area contributed by atoms with E-state index in [4.69, 9.17) is 18.9 Å². The molecule has 0 amide bonds. The number of hydrogen-bond acceptors (Lipinski definition) is 10. The summed E-state index contributed by atoms with van der Waals surface area (Å²) in [7, 11) is 0. The van der Waals surface area contributed by atoms with Gasteiger partial charge in [-0.15, -0.1) is 0 Å². The van der Waals surface area contributed by atoms with Crippen molar-refractivity contribution in [2.45, 2.75) is 51.5 Å². The Labute approximate surface area is 215 Å². The summed E-state index contributed by atoms with van der Waals surface area (Å²) in [5, 5.41) is 11.4. The van der Waals surface area contributed by atoms with Gasteiger partial charge in [0.15, 0.2) is 35.3 Å². The lowest BCUT2D eigenvalue weighted by Gasteiger charge is -2.41. The van der Waals surface area contributed by atoms with E-state index in [1.54, 1.807) is 18.2 Å². The fourth-order valence-corrected chi connectivity index (χ4v) is 4.84. The molecule has 0 saturated carbocycles. The number of ketones is 2. The summed E-state index contributed by atoms with van der Waals surface area (Å²) < 4.78 is 37.3. The third-order valence-electron chi connectivity index (χ3n) is 6.41. The number of ether oxygens (including phenoxy) is 4. The summed E-state index contributed by atoms with van der Waals surface area (Å²) in [6.45, 7) is 3.65. The minimum Gasteiger partial charge on any atom is -0.504 e. The van der Waals surface area contributed by atoms with E-state index in [0.717, 1.165) is 13.8 Å². The van der Waals surface area contributed by atoms with Crippen molar-refractivity contribution in [2.24, 2.45) is 0 Å². The van der Waals surface area contributed by atoms with Crippen LogP contribution in [0.25, 0.3) is 10.9 Å². The van der Waals surface area contributed by atoms with Crippen LogP contribution in [0.1, 0.15) is 52.6 Å². The zero-order valence-corrected chi connectivity index (χ0v) is 20.5. The Balaban J connectivity index is 1.61. The molecule has 5 rings (SSSR count). The Bertz CT molecular complexity index is 1500. The Hall–Kier alpha value is -4.38. The second kappa shape index (κ2) is 9.49. The molecule has 0 spiro atoms. The third kappa shape index (κ3) is 4.04. The quantitative estimate of drug-likeness (QED) is 0.397. The van der Waals surface area contributed by atoms with E-state index in [9.17, 15) is 24.3 Å². The molecule has 38 heavy (non-hydrogen) atoms. The lowest BCUT2D eigenvalue weighted by Crippen LogP contribution is -2.59. The van der Waals surface area contributed by atoms with Crippen molar-refractivity contribution in [1.82, 2.24) is 4.98 Å². The van der Waals surface area contributed by atoms with Gasteiger partial charge in [0, 0.05) is 42.1 Å². The Morgan fingerprint density at radius 3 is 2.18 bits per heavy atom. The number of carbonyl (C=O) groups excluding carboxylic acids is 4. The number of benzene rings is 2. The summed E-state index contributed by atoms with van der Waals surface area (Å²) in [6.07, 6.45) is -6.41. The zero-order valence-electron chi connectivity index (χ0n) is 20.5. The van der Waals surface area contributed by atoms with E-state index in [2.05, 4.69) is 4.98 Å². The van der Waals surface area contributed by atoms with Crippen LogP contribution in [0, 0.1) is 0 Å². The molecule has 1 fully saturated rings. The van der Waals surface area contributed by atoms with Gasteiger partial charge in [-0.3, -0.25) is 24.2 Å². The smallest absolute Gasteiger partial charge is 0.303 e. The number of esters is 2. The van der Waals surface area contributed by atoms with Crippen LogP contribution < -0.4 is 4.74 Å². The van der Waals surface area contributed by atoms with Crippen LogP contribution in [0.5, 0.6) is 11.5 Å². The number of nitrogens with zero attached hydrogens (tertiary/aromatic N) is 1. The molecule has 5 atom stereocenters. The minimum atomic E-state index is -2.17. The number of phenols is 1. The van der Waals surface area contributed by atoms with Crippen LogP contribution in [0.15, 0.2) is 42.6 Å². The van der Waals surface area contributed by atoms with Crippen molar-refractivity contribution in [3.8, 4) is 11.5 Å². The Morgan fingerprint density at radius 2 is 1.55 bits per heavy atom. The number of alkyl halides is 1. The first-order valence-electron chi connectivity index (χ1n) is 11.7. The number of aromatic hydroxyl groups is 1. The number of carbonyl (C=O) groups is 4. The molecule has 0 bridgehead atoms. The minimum absolute atomic E-state index is 0.0149. The third-order valence-corrected chi connectivity index (χ3v) is 6.41. The molecule has 196 valence electrons. The molecular formula is C27H22FNO9. The number of hydrogen-bond donors (Lipinski definition) is 1. The lowest BCUT2D eigenvalue weighted by atomic mass is 9.81. The van der Waals surface area contributed by atoms with Crippen molar-refractivity contribution in [3.63, 3.8) is 0 Å². The molecule has 10 nitrogen and oxygen atoms in total. The lowest BCUT2D eigenvalue weighted by molar-refractivity contribution is -0.261.